The number of allylic oxidation sites excluding steroid dienone is 4. The Morgan fingerprint density at radius 3 is 1.62 bits per heavy atom. The van der Waals surface area contributed by atoms with Crippen molar-refractivity contribution in [2.24, 2.45) is 11.8 Å². The van der Waals surface area contributed by atoms with Crippen molar-refractivity contribution in [3.8, 4) is 39.7 Å². The van der Waals surface area contributed by atoms with Gasteiger partial charge in [-0.1, -0.05) is 140 Å². The van der Waals surface area contributed by atoms with Crippen molar-refractivity contribution in [2.45, 2.75) is 12.3 Å². The van der Waals surface area contributed by atoms with Crippen molar-refractivity contribution in [3.63, 3.8) is 0 Å². The van der Waals surface area contributed by atoms with Gasteiger partial charge < -0.3 is 9.13 Å². The second-order valence-corrected chi connectivity index (χ2v) is 16.7. The molecule has 0 bridgehead atoms. The van der Waals surface area contributed by atoms with Crippen LogP contribution in [-0.2, 0) is 5.41 Å². The summed E-state index contributed by atoms with van der Waals surface area (Å²) in [5, 5.41) is 15.3. The highest BCUT2D eigenvalue weighted by Gasteiger charge is 2.55. The van der Waals surface area contributed by atoms with Gasteiger partial charge in [-0.25, -0.2) is 0 Å². The van der Waals surface area contributed by atoms with Crippen LogP contribution in [0, 0.1) is 23.2 Å². The largest absolute Gasteiger partial charge is 0.309 e. The molecular weight excluding hydrogens is 727 g/mol. The van der Waals surface area contributed by atoms with E-state index in [1.807, 2.05) is 0 Å². The number of hydrogen-bond acceptors (Lipinski definition) is 1. The van der Waals surface area contributed by atoms with Gasteiger partial charge in [0.1, 0.15) is 0 Å². The Hall–Kier alpha value is -7.67. The molecule has 1 spiro atoms. The standard InChI is InChI=1S/C57H37N3/c1-35-38(34-58)23-27-46-43-28-26-40(33-51(43)57(56(35)46)49-19-9-5-15-41(49)42-16-6-10-20-50(42)57)60-53-22-12-8-18-45(53)48-32-37(25-30-55(48)60)36-24-29-54-47(31-36)44-17-7-11-21-52(44)59(54)39-13-3-2-4-14-39/h2-33,35,38H,1H3. The lowest BCUT2D eigenvalue weighted by molar-refractivity contribution is 0.524. The third-order valence-electron chi connectivity index (χ3n) is 13.9. The molecule has 3 heteroatoms. The van der Waals surface area contributed by atoms with Gasteiger partial charge in [-0.3, -0.25) is 0 Å². The van der Waals surface area contributed by atoms with Crippen LogP contribution in [0.15, 0.2) is 200 Å². The number of rotatable bonds is 3. The lowest BCUT2D eigenvalue weighted by atomic mass is 9.64. The number of nitrogens with zero attached hydrogens (tertiary/aromatic N) is 3. The van der Waals surface area contributed by atoms with E-state index in [0.29, 0.717) is 0 Å². The molecule has 0 amide bonds. The fraction of sp³-hybridized carbons (Fsp3) is 0.0702. The lowest BCUT2D eigenvalue weighted by Gasteiger charge is -2.37. The third kappa shape index (κ3) is 4.22. The monoisotopic (exact) mass is 763 g/mol. The fourth-order valence-electron chi connectivity index (χ4n) is 11.4. The molecule has 3 aliphatic carbocycles. The van der Waals surface area contributed by atoms with E-state index >= 15 is 0 Å². The Kier molecular flexibility index (Phi) is 6.76. The number of para-hydroxylation sites is 3. The Bertz CT molecular complexity index is 3540. The smallest absolute Gasteiger partial charge is 0.0710 e. The van der Waals surface area contributed by atoms with Crippen molar-refractivity contribution in [2.75, 3.05) is 0 Å². The van der Waals surface area contributed by atoms with E-state index in [-0.39, 0.29) is 11.8 Å². The fourth-order valence-corrected chi connectivity index (χ4v) is 11.4. The first-order valence-electron chi connectivity index (χ1n) is 20.9. The molecule has 2 atom stereocenters. The molecule has 0 fully saturated rings. The zero-order valence-corrected chi connectivity index (χ0v) is 33.0. The molecule has 0 saturated carbocycles. The summed E-state index contributed by atoms with van der Waals surface area (Å²) in [6.45, 7) is 2.26. The molecule has 10 aromatic rings. The number of nitriles is 1. The van der Waals surface area contributed by atoms with Crippen LogP contribution in [0.25, 0.3) is 82.8 Å². The maximum Gasteiger partial charge on any atom is 0.0710 e. The molecule has 3 aliphatic rings. The summed E-state index contributed by atoms with van der Waals surface area (Å²) in [5.74, 6) is -0.144. The Morgan fingerprint density at radius 2 is 1.00 bits per heavy atom. The Balaban J connectivity index is 1.02. The molecule has 3 nitrogen and oxygen atoms in total. The number of hydrogen-bond donors (Lipinski definition) is 0. The van der Waals surface area contributed by atoms with Gasteiger partial charge in [0, 0.05) is 32.9 Å². The molecule has 0 radical (unpaired) electrons. The van der Waals surface area contributed by atoms with E-state index in [9.17, 15) is 5.26 Å². The number of fused-ring (bicyclic) bond motifs is 15. The van der Waals surface area contributed by atoms with Crippen LogP contribution in [-0.4, -0.2) is 9.13 Å². The predicted molar refractivity (Wildman–Crippen MR) is 247 cm³/mol. The maximum absolute atomic E-state index is 10.4. The number of benzene rings is 8. The van der Waals surface area contributed by atoms with E-state index in [1.165, 1.54) is 99.3 Å². The molecule has 280 valence electrons. The molecule has 0 N–H and O–H groups in total. The second-order valence-electron chi connectivity index (χ2n) is 16.7. The highest BCUT2D eigenvalue weighted by Crippen LogP contribution is 2.65. The molecule has 8 aromatic carbocycles. The first-order valence-corrected chi connectivity index (χ1v) is 20.9. The van der Waals surface area contributed by atoms with Crippen molar-refractivity contribution in [1.29, 1.82) is 5.26 Å². The van der Waals surface area contributed by atoms with E-state index in [2.05, 4.69) is 216 Å². The summed E-state index contributed by atoms with van der Waals surface area (Å²) in [6, 6.07) is 69.8. The van der Waals surface area contributed by atoms with Crippen LogP contribution in [0.5, 0.6) is 0 Å². The highest BCUT2D eigenvalue weighted by molar-refractivity contribution is 6.13. The summed E-state index contributed by atoms with van der Waals surface area (Å²) in [5.41, 5.74) is 19.3. The second kappa shape index (κ2) is 12.2. The molecule has 2 heterocycles. The molecule has 2 unspecified atom stereocenters. The summed E-state index contributed by atoms with van der Waals surface area (Å²) in [6.07, 6.45) is 4.36. The normalized spacial score (nSPS) is 17.1. The molecule has 13 rings (SSSR count). The molecule has 0 saturated heterocycles. The third-order valence-corrected chi connectivity index (χ3v) is 13.9. The van der Waals surface area contributed by atoms with Crippen molar-refractivity contribution in [3.05, 3.63) is 222 Å². The van der Waals surface area contributed by atoms with Crippen LogP contribution in [0.4, 0.5) is 0 Å². The summed E-state index contributed by atoms with van der Waals surface area (Å²) in [4.78, 5) is 0. The van der Waals surface area contributed by atoms with Crippen molar-refractivity contribution in [1.82, 2.24) is 9.13 Å². The van der Waals surface area contributed by atoms with Gasteiger partial charge in [-0.05, 0) is 122 Å². The molecule has 2 aromatic heterocycles. The summed E-state index contributed by atoms with van der Waals surface area (Å²) >= 11 is 0. The van der Waals surface area contributed by atoms with Crippen molar-refractivity contribution < 1.29 is 0 Å². The first-order chi connectivity index (χ1) is 29.6. The van der Waals surface area contributed by atoms with E-state index < -0.39 is 5.41 Å². The predicted octanol–water partition coefficient (Wildman–Crippen LogP) is 14.0. The van der Waals surface area contributed by atoms with Gasteiger partial charge in [-0.2, -0.15) is 5.26 Å². The van der Waals surface area contributed by atoms with Gasteiger partial charge in [0.2, 0.25) is 0 Å². The number of aromatic nitrogens is 2. The molecule has 60 heavy (non-hydrogen) atoms. The van der Waals surface area contributed by atoms with Crippen LogP contribution < -0.4 is 0 Å². The maximum atomic E-state index is 10.4. The Labute approximate surface area is 348 Å². The van der Waals surface area contributed by atoms with Gasteiger partial charge in [0.15, 0.2) is 0 Å². The van der Waals surface area contributed by atoms with Gasteiger partial charge in [-0.15, -0.1) is 0 Å². The van der Waals surface area contributed by atoms with E-state index in [4.69, 9.17) is 0 Å². The molecular formula is C57H37N3. The van der Waals surface area contributed by atoms with Crippen molar-refractivity contribution >= 4 is 49.2 Å². The lowest BCUT2D eigenvalue weighted by Crippen LogP contribution is -2.33. The minimum atomic E-state index is -0.499. The summed E-state index contributed by atoms with van der Waals surface area (Å²) in [7, 11) is 0. The van der Waals surface area contributed by atoms with Crippen LogP contribution in [0.3, 0.4) is 0 Å². The highest BCUT2D eigenvalue weighted by atomic mass is 15.0. The Morgan fingerprint density at radius 1 is 0.467 bits per heavy atom. The van der Waals surface area contributed by atoms with Gasteiger partial charge in [0.05, 0.1) is 39.5 Å². The van der Waals surface area contributed by atoms with Gasteiger partial charge >= 0.3 is 0 Å². The molecule has 0 aliphatic heterocycles. The zero-order chi connectivity index (χ0) is 39.7. The topological polar surface area (TPSA) is 33.6 Å². The zero-order valence-electron chi connectivity index (χ0n) is 33.0. The van der Waals surface area contributed by atoms with Crippen LogP contribution in [0.1, 0.15) is 29.2 Å². The van der Waals surface area contributed by atoms with Gasteiger partial charge in [0.25, 0.3) is 0 Å². The minimum Gasteiger partial charge on any atom is -0.309 e. The SMILES string of the molecule is CC1C2=C(C=CC1C#N)c1ccc(-n3c4ccccc4c4cc(-c5ccc6c(c5)c5ccccc5n6-c5ccccc5)ccc43)cc1C21c2ccccc2-c2ccccc21. The van der Waals surface area contributed by atoms with Crippen LogP contribution in [0.2, 0.25) is 0 Å². The summed E-state index contributed by atoms with van der Waals surface area (Å²) < 4.78 is 4.83. The van der Waals surface area contributed by atoms with Crippen LogP contribution >= 0.6 is 0 Å². The first kappa shape index (κ1) is 33.3. The average Bonchev–Trinajstić information content (AvgIpc) is 4.01. The van der Waals surface area contributed by atoms with E-state index in [1.54, 1.807) is 0 Å². The minimum absolute atomic E-state index is 0.0471. The van der Waals surface area contributed by atoms with E-state index in [0.717, 1.165) is 11.4 Å². The quantitative estimate of drug-likeness (QED) is 0.176. The average molecular weight is 764 g/mol.